The van der Waals surface area contributed by atoms with Gasteiger partial charge in [-0.15, -0.1) is 0 Å². The summed E-state index contributed by atoms with van der Waals surface area (Å²) in [5.41, 5.74) is 0. The summed E-state index contributed by atoms with van der Waals surface area (Å²) in [5, 5.41) is 15.2. The van der Waals surface area contributed by atoms with Crippen LogP contribution in [0.4, 0.5) is 0 Å². The van der Waals surface area contributed by atoms with Crippen molar-refractivity contribution in [3.63, 3.8) is 0 Å². The number of hydrogen-bond donors (Lipinski definition) is 3. The van der Waals surface area contributed by atoms with Crippen molar-refractivity contribution in [1.29, 1.82) is 0 Å². The van der Waals surface area contributed by atoms with Gasteiger partial charge in [-0.1, -0.05) is 26.7 Å². The average Bonchev–Trinajstić information content (AvgIpc) is 2.42. The molecule has 1 fully saturated rings. The van der Waals surface area contributed by atoms with E-state index in [1.807, 2.05) is 13.8 Å². The van der Waals surface area contributed by atoms with Crippen LogP contribution in [0.1, 0.15) is 39.5 Å². The molecule has 0 aromatic rings. The molecule has 5 nitrogen and oxygen atoms in total. The second-order valence-corrected chi connectivity index (χ2v) is 5.44. The zero-order valence-electron chi connectivity index (χ0n) is 11.9. The number of carboxylic acid groups (broad SMARTS) is 1. The van der Waals surface area contributed by atoms with Crippen LogP contribution in [0.3, 0.4) is 0 Å². The molecule has 0 heterocycles. The van der Waals surface area contributed by atoms with Gasteiger partial charge >= 0.3 is 5.97 Å². The molecule has 3 N–H and O–H groups in total. The summed E-state index contributed by atoms with van der Waals surface area (Å²) in [4.78, 5) is 23.0. The minimum absolute atomic E-state index is 0.00987. The predicted octanol–water partition coefficient (Wildman–Crippen LogP) is 1.24. The maximum Gasteiger partial charge on any atom is 0.306 e. The zero-order chi connectivity index (χ0) is 14.3. The lowest BCUT2D eigenvalue weighted by Crippen LogP contribution is -2.41. The van der Waals surface area contributed by atoms with Crippen LogP contribution in [0.2, 0.25) is 0 Å². The Morgan fingerprint density at radius 2 is 2.00 bits per heavy atom. The molecule has 0 bridgehead atoms. The van der Waals surface area contributed by atoms with Gasteiger partial charge in [0.25, 0.3) is 0 Å². The van der Waals surface area contributed by atoms with Crippen LogP contribution in [-0.4, -0.2) is 36.6 Å². The largest absolute Gasteiger partial charge is 0.481 e. The van der Waals surface area contributed by atoms with Crippen LogP contribution >= 0.6 is 0 Å². The van der Waals surface area contributed by atoms with Gasteiger partial charge in [0, 0.05) is 19.0 Å². The van der Waals surface area contributed by atoms with Crippen molar-refractivity contribution >= 4 is 11.9 Å². The van der Waals surface area contributed by atoms with Crippen LogP contribution in [0, 0.1) is 17.8 Å². The Kier molecular flexibility index (Phi) is 6.84. The Hall–Kier alpha value is -1.10. The van der Waals surface area contributed by atoms with Gasteiger partial charge in [0.05, 0.1) is 5.92 Å². The third-order valence-electron chi connectivity index (χ3n) is 3.91. The van der Waals surface area contributed by atoms with E-state index in [0.29, 0.717) is 13.1 Å². The maximum absolute atomic E-state index is 11.9. The Morgan fingerprint density at radius 1 is 1.32 bits per heavy atom. The number of aliphatic carboxylic acids is 1. The van der Waals surface area contributed by atoms with Crippen molar-refractivity contribution in [1.82, 2.24) is 10.6 Å². The Labute approximate surface area is 115 Å². The molecule has 1 aliphatic rings. The number of hydrogen-bond acceptors (Lipinski definition) is 3. The fourth-order valence-electron chi connectivity index (χ4n) is 2.64. The van der Waals surface area contributed by atoms with Gasteiger partial charge in [0.2, 0.25) is 5.91 Å². The van der Waals surface area contributed by atoms with E-state index >= 15 is 0 Å². The first-order valence-corrected chi connectivity index (χ1v) is 7.27. The van der Waals surface area contributed by atoms with Crippen molar-refractivity contribution in [2.24, 2.45) is 17.8 Å². The molecule has 1 rings (SSSR count). The highest BCUT2D eigenvalue weighted by molar-refractivity contribution is 5.78. The lowest BCUT2D eigenvalue weighted by Gasteiger charge is -2.29. The van der Waals surface area contributed by atoms with Gasteiger partial charge in [-0.2, -0.15) is 0 Å². The summed E-state index contributed by atoms with van der Waals surface area (Å²) in [6.07, 6.45) is 3.69. The molecule has 0 spiro atoms. The van der Waals surface area contributed by atoms with E-state index < -0.39 is 5.97 Å². The van der Waals surface area contributed by atoms with Crippen molar-refractivity contribution in [3.8, 4) is 0 Å². The van der Waals surface area contributed by atoms with Crippen molar-refractivity contribution in [3.05, 3.63) is 0 Å². The van der Waals surface area contributed by atoms with Crippen LogP contribution < -0.4 is 10.6 Å². The molecule has 0 aliphatic heterocycles. The molecule has 110 valence electrons. The molecular formula is C14H26N2O3. The fraction of sp³-hybridized carbons (Fsp3) is 0.857. The zero-order valence-corrected chi connectivity index (χ0v) is 11.9. The third-order valence-corrected chi connectivity index (χ3v) is 3.91. The van der Waals surface area contributed by atoms with Crippen molar-refractivity contribution < 1.29 is 14.7 Å². The van der Waals surface area contributed by atoms with Gasteiger partial charge < -0.3 is 15.7 Å². The van der Waals surface area contributed by atoms with E-state index in [-0.39, 0.29) is 23.7 Å². The summed E-state index contributed by atoms with van der Waals surface area (Å²) in [6.45, 7) is 5.89. The first-order chi connectivity index (χ1) is 9.06. The lowest BCUT2D eigenvalue weighted by atomic mass is 9.79. The van der Waals surface area contributed by atoms with E-state index in [1.54, 1.807) is 0 Å². The number of carboxylic acids is 1. The van der Waals surface area contributed by atoms with E-state index in [0.717, 1.165) is 32.2 Å². The van der Waals surface area contributed by atoms with Gasteiger partial charge in [-0.25, -0.2) is 0 Å². The highest BCUT2D eigenvalue weighted by atomic mass is 16.4. The third kappa shape index (κ3) is 5.19. The number of carbonyl (C=O) groups excluding carboxylic acids is 1. The van der Waals surface area contributed by atoms with E-state index in [4.69, 9.17) is 0 Å². The van der Waals surface area contributed by atoms with E-state index in [9.17, 15) is 14.7 Å². The molecule has 0 aromatic heterocycles. The van der Waals surface area contributed by atoms with Gasteiger partial charge in [-0.3, -0.25) is 9.59 Å². The molecule has 19 heavy (non-hydrogen) atoms. The number of amides is 1. The first kappa shape index (κ1) is 16.0. The minimum Gasteiger partial charge on any atom is -0.481 e. The fourth-order valence-corrected chi connectivity index (χ4v) is 2.64. The molecule has 0 aromatic carbocycles. The Balaban J connectivity index is 2.37. The number of carbonyl (C=O) groups is 2. The number of rotatable bonds is 7. The van der Waals surface area contributed by atoms with Crippen LogP contribution in [0.5, 0.6) is 0 Å². The molecular weight excluding hydrogens is 244 g/mol. The molecule has 5 heteroatoms. The summed E-state index contributed by atoms with van der Waals surface area (Å²) in [5.74, 6) is -0.998. The van der Waals surface area contributed by atoms with Gasteiger partial charge in [0.15, 0.2) is 0 Å². The molecule has 3 atom stereocenters. The van der Waals surface area contributed by atoms with E-state index in [2.05, 4.69) is 10.6 Å². The molecule has 0 radical (unpaired) electrons. The smallest absolute Gasteiger partial charge is 0.306 e. The van der Waals surface area contributed by atoms with Crippen molar-refractivity contribution in [2.45, 2.75) is 39.5 Å². The Bertz CT molecular complexity index is 307. The quantitative estimate of drug-likeness (QED) is 0.650. The SMILES string of the molecule is CCNCC(C)C(=O)NCC1CCCCC1C(=O)O. The standard InChI is InChI=1S/C14H26N2O3/c1-3-15-8-10(2)13(17)16-9-11-6-4-5-7-12(11)14(18)19/h10-12,15H,3-9H2,1-2H3,(H,16,17)(H,18,19). The lowest BCUT2D eigenvalue weighted by molar-refractivity contribution is -0.145. The highest BCUT2D eigenvalue weighted by Crippen LogP contribution is 2.29. The topological polar surface area (TPSA) is 78.4 Å². The van der Waals surface area contributed by atoms with Crippen molar-refractivity contribution in [2.75, 3.05) is 19.6 Å². The summed E-state index contributed by atoms with van der Waals surface area (Å²) >= 11 is 0. The normalized spacial score (nSPS) is 24.7. The molecule has 1 saturated carbocycles. The van der Waals surface area contributed by atoms with Crippen LogP contribution in [0.15, 0.2) is 0 Å². The average molecular weight is 270 g/mol. The molecule has 0 saturated heterocycles. The monoisotopic (exact) mass is 270 g/mol. The highest BCUT2D eigenvalue weighted by Gasteiger charge is 2.31. The summed E-state index contributed by atoms with van der Waals surface area (Å²) < 4.78 is 0. The molecule has 3 unspecified atom stereocenters. The second-order valence-electron chi connectivity index (χ2n) is 5.44. The van der Waals surface area contributed by atoms with Gasteiger partial charge in [-0.05, 0) is 25.3 Å². The van der Waals surface area contributed by atoms with Gasteiger partial charge in [0.1, 0.15) is 0 Å². The first-order valence-electron chi connectivity index (χ1n) is 7.27. The van der Waals surface area contributed by atoms with E-state index in [1.165, 1.54) is 0 Å². The van der Waals surface area contributed by atoms with Crippen LogP contribution in [-0.2, 0) is 9.59 Å². The molecule has 1 aliphatic carbocycles. The predicted molar refractivity (Wildman–Crippen MR) is 73.8 cm³/mol. The second kappa shape index (κ2) is 8.15. The maximum atomic E-state index is 11.9. The number of nitrogens with one attached hydrogen (secondary N) is 2. The molecule has 1 amide bonds. The summed E-state index contributed by atoms with van der Waals surface area (Å²) in [6, 6.07) is 0. The minimum atomic E-state index is -0.723. The summed E-state index contributed by atoms with van der Waals surface area (Å²) in [7, 11) is 0. The Morgan fingerprint density at radius 3 is 2.63 bits per heavy atom. The van der Waals surface area contributed by atoms with Crippen LogP contribution in [0.25, 0.3) is 0 Å².